The van der Waals surface area contributed by atoms with Crippen molar-refractivity contribution >= 4 is 23.7 Å². The number of carbonyl (C=O) groups excluding carboxylic acids is 3. The van der Waals surface area contributed by atoms with Crippen molar-refractivity contribution in [3.63, 3.8) is 0 Å². The number of phenolic OH excluding ortho intramolecular Hbond substituents is 1. The molecule has 1 aromatic carbocycles. The van der Waals surface area contributed by atoms with Gasteiger partial charge in [-0.2, -0.15) is 0 Å². The predicted molar refractivity (Wildman–Crippen MR) is 138 cm³/mol. The molecule has 1 N–H and O–H groups in total. The number of piperidine rings is 1. The SMILES string of the molecule is CC(C)(C)OC(=O)N1CCC[C@]2(F)C(=O)C=CC=C12.CC(C)(C)OC(=O)N1CCCc2c(O)cccc21. The number of hydrogen-bond donors (Lipinski definition) is 1. The lowest BCUT2D eigenvalue weighted by atomic mass is 9.84. The number of halogens is 1. The van der Waals surface area contributed by atoms with Gasteiger partial charge >= 0.3 is 12.2 Å². The second-order valence-electron chi connectivity index (χ2n) is 11.3. The van der Waals surface area contributed by atoms with E-state index in [2.05, 4.69) is 0 Å². The first kappa shape index (κ1) is 28.2. The topological polar surface area (TPSA) is 96.4 Å². The summed E-state index contributed by atoms with van der Waals surface area (Å²) in [5.41, 5.74) is -1.55. The van der Waals surface area contributed by atoms with E-state index < -0.39 is 28.7 Å². The highest BCUT2D eigenvalue weighted by Crippen LogP contribution is 2.39. The van der Waals surface area contributed by atoms with Crippen LogP contribution >= 0.6 is 0 Å². The van der Waals surface area contributed by atoms with Gasteiger partial charge in [-0.1, -0.05) is 12.1 Å². The molecule has 1 aliphatic carbocycles. The molecule has 4 rings (SSSR count). The van der Waals surface area contributed by atoms with E-state index in [0.717, 1.165) is 24.1 Å². The number of alkyl halides is 1. The van der Waals surface area contributed by atoms with E-state index in [4.69, 9.17) is 9.47 Å². The zero-order chi connectivity index (χ0) is 27.6. The Kier molecular flexibility index (Phi) is 8.05. The van der Waals surface area contributed by atoms with Crippen molar-refractivity contribution < 1.29 is 33.4 Å². The average molecular weight is 517 g/mol. The number of amides is 2. The van der Waals surface area contributed by atoms with E-state index in [9.17, 15) is 23.9 Å². The summed E-state index contributed by atoms with van der Waals surface area (Å²) in [4.78, 5) is 38.7. The summed E-state index contributed by atoms with van der Waals surface area (Å²) in [5.74, 6) is -0.348. The molecule has 9 heteroatoms. The summed E-state index contributed by atoms with van der Waals surface area (Å²) >= 11 is 0. The fourth-order valence-corrected chi connectivity index (χ4v) is 4.39. The Labute approximate surface area is 217 Å². The largest absolute Gasteiger partial charge is 0.508 e. The number of nitrogens with zero attached hydrogens (tertiary/aromatic N) is 2. The maximum Gasteiger partial charge on any atom is 0.414 e. The Morgan fingerprint density at radius 3 is 2.19 bits per heavy atom. The number of rotatable bonds is 0. The third-order valence-electron chi connectivity index (χ3n) is 5.95. The molecule has 0 bridgehead atoms. The molecule has 2 amide bonds. The van der Waals surface area contributed by atoms with Crippen molar-refractivity contribution in [2.24, 2.45) is 0 Å². The number of allylic oxidation sites excluding steroid dienone is 4. The van der Waals surface area contributed by atoms with Crippen LogP contribution < -0.4 is 4.90 Å². The quantitative estimate of drug-likeness (QED) is 0.466. The number of phenols is 1. The standard InChI is InChI=1S/C14H18FNO3.C14H19NO3/c1-13(2,3)19-12(18)16-9-5-8-14(15)10(16)6-4-7-11(14)17;1-14(2,3)18-13(17)15-9-5-6-10-11(15)7-4-8-12(10)16/h4,6-7H,5,8-9H2,1-3H3;4,7-8,16H,5-6,9H2,1-3H3/t14-;/m1./s1. The van der Waals surface area contributed by atoms with Crippen molar-refractivity contribution in [2.45, 2.75) is 84.1 Å². The molecule has 1 aromatic rings. The highest BCUT2D eigenvalue weighted by Gasteiger charge is 2.49. The number of carbonyl (C=O) groups is 3. The normalized spacial score (nSPS) is 21.2. The van der Waals surface area contributed by atoms with Crippen LogP contribution in [-0.4, -0.2) is 57.9 Å². The van der Waals surface area contributed by atoms with Crippen LogP contribution in [0.25, 0.3) is 0 Å². The van der Waals surface area contributed by atoms with Crippen LogP contribution in [0.1, 0.15) is 66.4 Å². The van der Waals surface area contributed by atoms with E-state index in [1.165, 1.54) is 23.1 Å². The van der Waals surface area contributed by atoms with Crippen molar-refractivity contribution in [1.82, 2.24) is 4.90 Å². The lowest BCUT2D eigenvalue weighted by Crippen LogP contribution is -2.51. The molecule has 0 saturated carbocycles. The third kappa shape index (κ3) is 6.70. The molecular weight excluding hydrogens is 479 g/mol. The van der Waals surface area contributed by atoms with Gasteiger partial charge in [-0.3, -0.25) is 14.6 Å². The lowest BCUT2D eigenvalue weighted by molar-refractivity contribution is -0.126. The van der Waals surface area contributed by atoms with Crippen LogP contribution in [-0.2, 0) is 20.7 Å². The molecule has 37 heavy (non-hydrogen) atoms. The molecule has 0 unspecified atom stereocenters. The Hall–Kier alpha value is -3.36. The van der Waals surface area contributed by atoms with Gasteiger partial charge in [0, 0.05) is 18.7 Å². The van der Waals surface area contributed by atoms with Gasteiger partial charge in [0.15, 0.2) is 5.78 Å². The number of aromatic hydroxyl groups is 1. The van der Waals surface area contributed by atoms with Crippen LogP contribution in [0.5, 0.6) is 5.75 Å². The number of ketones is 1. The molecular formula is C28H37FN2O6. The zero-order valence-electron chi connectivity index (χ0n) is 22.5. The van der Waals surface area contributed by atoms with Gasteiger partial charge in [-0.05, 0) is 91.5 Å². The van der Waals surface area contributed by atoms with Crippen molar-refractivity contribution in [2.75, 3.05) is 18.0 Å². The lowest BCUT2D eigenvalue weighted by Gasteiger charge is -2.39. The van der Waals surface area contributed by atoms with E-state index in [0.29, 0.717) is 19.5 Å². The molecule has 1 saturated heterocycles. The van der Waals surface area contributed by atoms with Gasteiger partial charge in [0.05, 0.1) is 11.4 Å². The minimum Gasteiger partial charge on any atom is -0.508 e. The van der Waals surface area contributed by atoms with Crippen molar-refractivity contribution in [1.29, 1.82) is 0 Å². The summed E-state index contributed by atoms with van der Waals surface area (Å²) in [6.45, 7) is 11.8. The maximum absolute atomic E-state index is 14.7. The fourth-order valence-electron chi connectivity index (χ4n) is 4.39. The molecule has 2 heterocycles. The average Bonchev–Trinajstić information content (AvgIpc) is 2.77. The molecule has 202 valence electrons. The fraction of sp³-hybridized carbons (Fsp3) is 0.536. The van der Waals surface area contributed by atoms with E-state index >= 15 is 0 Å². The first-order chi connectivity index (χ1) is 17.1. The van der Waals surface area contributed by atoms with Gasteiger partial charge in [0.2, 0.25) is 5.67 Å². The number of ether oxygens (including phenoxy) is 2. The van der Waals surface area contributed by atoms with E-state index in [1.54, 1.807) is 37.8 Å². The third-order valence-corrected chi connectivity index (χ3v) is 5.95. The molecule has 3 aliphatic rings. The minimum absolute atomic E-state index is 0.0977. The first-order valence-electron chi connectivity index (χ1n) is 12.6. The number of anilines is 1. The van der Waals surface area contributed by atoms with E-state index in [1.807, 2.05) is 26.8 Å². The van der Waals surface area contributed by atoms with Crippen LogP contribution in [0, 0.1) is 0 Å². The smallest absolute Gasteiger partial charge is 0.414 e. The Balaban J connectivity index is 0.000000206. The summed E-state index contributed by atoms with van der Waals surface area (Å²) in [6, 6.07) is 5.24. The molecule has 0 radical (unpaired) electrons. The summed E-state index contributed by atoms with van der Waals surface area (Å²) in [7, 11) is 0. The first-order valence-corrected chi connectivity index (χ1v) is 12.6. The van der Waals surface area contributed by atoms with Crippen molar-refractivity contribution in [3.8, 4) is 5.75 Å². The Bertz CT molecular complexity index is 1110. The maximum atomic E-state index is 14.7. The monoisotopic (exact) mass is 516 g/mol. The highest BCUT2D eigenvalue weighted by atomic mass is 19.1. The van der Waals surface area contributed by atoms with Crippen LogP contribution in [0.3, 0.4) is 0 Å². The van der Waals surface area contributed by atoms with Crippen LogP contribution in [0.2, 0.25) is 0 Å². The zero-order valence-corrected chi connectivity index (χ0v) is 22.5. The van der Waals surface area contributed by atoms with Crippen LogP contribution in [0.15, 0.2) is 42.1 Å². The molecule has 2 aliphatic heterocycles. The number of fused-ring (bicyclic) bond motifs is 2. The number of likely N-dealkylation sites (tertiary alicyclic amines) is 1. The summed E-state index contributed by atoms with van der Waals surface area (Å²) in [6.07, 6.45) is 5.38. The molecule has 1 atom stereocenters. The highest BCUT2D eigenvalue weighted by molar-refractivity contribution is 6.01. The second-order valence-corrected chi connectivity index (χ2v) is 11.3. The molecule has 1 fully saturated rings. The number of hydrogen-bond acceptors (Lipinski definition) is 6. The Morgan fingerprint density at radius 1 is 0.973 bits per heavy atom. The minimum atomic E-state index is -2.08. The van der Waals surface area contributed by atoms with Gasteiger partial charge in [0.25, 0.3) is 0 Å². The molecule has 8 nitrogen and oxygen atoms in total. The van der Waals surface area contributed by atoms with Gasteiger partial charge < -0.3 is 14.6 Å². The predicted octanol–water partition coefficient (Wildman–Crippen LogP) is 5.83. The van der Waals surface area contributed by atoms with Gasteiger partial charge in [-0.15, -0.1) is 0 Å². The number of benzene rings is 1. The van der Waals surface area contributed by atoms with Crippen LogP contribution in [0.4, 0.5) is 19.7 Å². The summed E-state index contributed by atoms with van der Waals surface area (Å²) < 4.78 is 25.4. The summed E-state index contributed by atoms with van der Waals surface area (Å²) in [5, 5.41) is 9.81. The van der Waals surface area contributed by atoms with Gasteiger partial charge in [0.1, 0.15) is 17.0 Å². The van der Waals surface area contributed by atoms with Gasteiger partial charge in [-0.25, -0.2) is 14.0 Å². The molecule has 0 spiro atoms. The Morgan fingerprint density at radius 2 is 1.57 bits per heavy atom. The van der Waals surface area contributed by atoms with E-state index in [-0.39, 0.29) is 24.0 Å². The molecule has 0 aromatic heterocycles. The van der Waals surface area contributed by atoms with Crippen molar-refractivity contribution in [3.05, 3.63) is 47.7 Å². The second kappa shape index (κ2) is 10.6.